The van der Waals surface area contributed by atoms with Gasteiger partial charge in [0.2, 0.25) is 15.9 Å². The molecule has 1 N–H and O–H groups in total. The summed E-state index contributed by atoms with van der Waals surface area (Å²) in [6.45, 7) is 4.29. The smallest absolute Gasteiger partial charge is 0.245 e. The molecule has 0 bridgehead atoms. The highest BCUT2D eigenvalue weighted by molar-refractivity contribution is 7.89. The van der Waals surface area contributed by atoms with Crippen molar-refractivity contribution in [3.63, 3.8) is 0 Å². The second kappa shape index (κ2) is 11.6. The second-order valence-electron chi connectivity index (χ2n) is 10.3. The van der Waals surface area contributed by atoms with E-state index in [1.165, 1.54) is 23.5 Å². The van der Waals surface area contributed by atoms with Crippen LogP contribution in [0.4, 0.5) is 0 Å². The standard InChI is InChI=1S/C29H31Cl2N5O4S/c1-17(2)22-13-19(24-14-33-16-35(24)4)18-7-5-9-25(28(18)34-22)40-15-20-21(30)10-11-26(27(20)31)41(38,39)36-12-6-8-23(36)29(37)32-3/h5,7,9-11,13-14,16-17,23H,6,8,12,15H2,1-4H3,(H,32,37). The molecule has 4 aromatic rings. The number of benzene rings is 2. The van der Waals surface area contributed by atoms with E-state index in [9.17, 15) is 13.2 Å². The number of pyridine rings is 1. The fraction of sp³-hybridized carbons (Fsp3) is 0.345. The van der Waals surface area contributed by atoms with Crippen LogP contribution >= 0.6 is 23.2 Å². The summed E-state index contributed by atoms with van der Waals surface area (Å²) >= 11 is 13.2. The lowest BCUT2D eigenvalue weighted by atomic mass is 10.0. The van der Waals surface area contributed by atoms with Crippen LogP contribution in [0.25, 0.3) is 22.2 Å². The number of imidazole rings is 1. The molecule has 5 rings (SSSR count). The molecule has 1 aliphatic rings. The van der Waals surface area contributed by atoms with Gasteiger partial charge in [-0.2, -0.15) is 4.31 Å². The maximum Gasteiger partial charge on any atom is 0.245 e. The zero-order valence-electron chi connectivity index (χ0n) is 23.2. The third kappa shape index (κ3) is 5.41. The van der Waals surface area contributed by atoms with E-state index in [0.29, 0.717) is 29.7 Å². The lowest BCUT2D eigenvalue weighted by Crippen LogP contribution is -2.44. The van der Waals surface area contributed by atoms with Crippen LogP contribution in [-0.4, -0.2) is 52.8 Å². The van der Waals surface area contributed by atoms with Gasteiger partial charge in [0.05, 0.1) is 23.2 Å². The number of aryl methyl sites for hydroxylation is 1. The monoisotopic (exact) mass is 615 g/mol. The molecule has 0 aliphatic carbocycles. The molecule has 2 aromatic heterocycles. The van der Waals surface area contributed by atoms with Crippen molar-refractivity contribution in [2.24, 2.45) is 7.05 Å². The molecule has 1 fully saturated rings. The number of para-hydroxylation sites is 1. The maximum absolute atomic E-state index is 13.6. The van der Waals surface area contributed by atoms with Crippen LogP contribution in [0.1, 0.15) is 43.9 Å². The van der Waals surface area contributed by atoms with Gasteiger partial charge in [0, 0.05) is 47.9 Å². The van der Waals surface area contributed by atoms with Crippen LogP contribution in [0.2, 0.25) is 10.0 Å². The highest BCUT2D eigenvalue weighted by Crippen LogP contribution is 2.38. The van der Waals surface area contributed by atoms with Gasteiger partial charge in [-0.3, -0.25) is 4.79 Å². The fourth-order valence-corrected chi connectivity index (χ4v) is 7.64. The zero-order valence-corrected chi connectivity index (χ0v) is 25.5. The number of fused-ring (bicyclic) bond motifs is 1. The van der Waals surface area contributed by atoms with E-state index in [4.69, 9.17) is 32.9 Å². The summed E-state index contributed by atoms with van der Waals surface area (Å²) in [5, 5.41) is 3.67. The van der Waals surface area contributed by atoms with Gasteiger partial charge in [-0.25, -0.2) is 18.4 Å². The molecular formula is C29H31Cl2N5O4S. The number of amides is 1. The summed E-state index contributed by atoms with van der Waals surface area (Å²) in [6, 6.07) is 9.81. The highest BCUT2D eigenvalue weighted by atomic mass is 35.5. The predicted octanol–water partition coefficient (Wildman–Crippen LogP) is 5.54. The predicted molar refractivity (Wildman–Crippen MR) is 160 cm³/mol. The first kappa shape index (κ1) is 29.3. The number of hydrogen-bond acceptors (Lipinski definition) is 6. The van der Waals surface area contributed by atoms with E-state index in [0.717, 1.165) is 22.3 Å². The van der Waals surface area contributed by atoms with Crippen LogP contribution in [0.15, 0.2) is 53.8 Å². The van der Waals surface area contributed by atoms with Gasteiger partial charge in [-0.1, -0.05) is 49.2 Å². The number of carbonyl (C=O) groups excluding carboxylic acids is 1. The van der Waals surface area contributed by atoms with Crippen molar-refractivity contribution < 1.29 is 17.9 Å². The number of halogens is 2. The first-order chi connectivity index (χ1) is 19.5. The van der Waals surface area contributed by atoms with Gasteiger partial charge in [-0.15, -0.1) is 0 Å². The summed E-state index contributed by atoms with van der Waals surface area (Å²) in [7, 11) is -0.648. The van der Waals surface area contributed by atoms with Gasteiger partial charge >= 0.3 is 0 Å². The minimum atomic E-state index is -4.07. The minimum absolute atomic E-state index is 0.0355. The number of rotatable bonds is 8. The average molecular weight is 617 g/mol. The van der Waals surface area contributed by atoms with Crippen molar-refractivity contribution in [2.75, 3.05) is 13.6 Å². The summed E-state index contributed by atoms with van der Waals surface area (Å²) in [5.41, 5.74) is 3.80. The fourth-order valence-electron chi connectivity index (χ4n) is 5.12. The van der Waals surface area contributed by atoms with E-state index < -0.39 is 16.1 Å². The molecule has 41 heavy (non-hydrogen) atoms. The number of nitrogens with one attached hydrogen (secondary N) is 1. The molecule has 9 nitrogen and oxygen atoms in total. The topological polar surface area (TPSA) is 106 Å². The highest BCUT2D eigenvalue weighted by Gasteiger charge is 2.40. The number of ether oxygens (including phenoxy) is 1. The van der Waals surface area contributed by atoms with Crippen LogP contribution < -0.4 is 10.1 Å². The summed E-state index contributed by atoms with van der Waals surface area (Å²) in [5.74, 6) is 0.317. The Bertz CT molecular complexity index is 1740. The number of carbonyl (C=O) groups is 1. The minimum Gasteiger partial charge on any atom is -0.487 e. The Balaban J connectivity index is 1.53. The summed E-state index contributed by atoms with van der Waals surface area (Å²) in [6.07, 6.45) is 4.58. The molecule has 216 valence electrons. The molecular weight excluding hydrogens is 585 g/mol. The van der Waals surface area contributed by atoms with Gasteiger partial charge in [0.25, 0.3) is 0 Å². The third-order valence-electron chi connectivity index (χ3n) is 7.37. The molecule has 1 aliphatic heterocycles. The molecule has 0 saturated carbocycles. The maximum atomic E-state index is 13.6. The normalized spacial score (nSPS) is 16.0. The van der Waals surface area contributed by atoms with Crippen molar-refractivity contribution in [1.82, 2.24) is 24.2 Å². The Kier molecular flexibility index (Phi) is 8.29. The first-order valence-electron chi connectivity index (χ1n) is 13.3. The van der Waals surface area contributed by atoms with E-state index in [1.54, 1.807) is 6.33 Å². The van der Waals surface area contributed by atoms with E-state index in [1.807, 2.05) is 36.0 Å². The van der Waals surface area contributed by atoms with Crippen LogP contribution in [0.5, 0.6) is 5.75 Å². The van der Waals surface area contributed by atoms with E-state index in [-0.39, 0.29) is 39.9 Å². The molecule has 1 saturated heterocycles. The number of aromatic nitrogens is 3. The quantitative estimate of drug-likeness (QED) is 0.279. The molecule has 0 radical (unpaired) electrons. The zero-order chi connectivity index (χ0) is 29.5. The van der Waals surface area contributed by atoms with Gasteiger partial charge < -0.3 is 14.6 Å². The Morgan fingerprint density at radius 1 is 1.22 bits per heavy atom. The van der Waals surface area contributed by atoms with Gasteiger partial charge in [0.15, 0.2) is 0 Å². The third-order valence-corrected chi connectivity index (χ3v) is 10.2. The van der Waals surface area contributed by atoms with Crippen LogP contribution in [-0.2, 0) is 28.5 Å². The van der Waals surface area contributed by atoms with Crippen molar-refractivity contribution in [3.05, 3.63) is 70.2 Å². The number of nitrogens with zero attached hydrogens (tertiary/aromatic N) is 4. The van der Waals surface area contributed by atoms with Crippen LogP contribution in [0.3, 0.4) is 0 Å². The van der Waals surface area contributed by atoms with Crippen molar-refractivity contribution in [3.8, 4) is 17.0 Å². The van der Waals surface area contributed by atoms with Crippen molar-refractivity contribution in [2.45, 2.75) is 50.2 Å². The Hall–Kier alpha value is -3.18. The Labute approximate surface area is 249 Å². The molecule has 3 heterocycles. The molecule has 1 amide bonds. The second-order valence-corrected chi connectivity index (χ2v) is 13.0. The molecule has 1 atom stereocenters. The van der Waals surface area contributed by atoms with E-state index >= 15 is 0 Å². The van der Waals surface area contributed by atoms with Crippen molar-refractivity contribution >= 4 is 50.0 Å². The summed E-state index contributed by atoms with van der Waals surface area (Å²) < 4.78 is 36.7. The number of hydrogen-bond donors (Lipinski definition) is 1. The van der Waals surface area contributed by atoms with Crippen molar-refractivity contribution in [1.29, 1.82) is 0 Å². The molecule has 0 spiro atoms. The Morgan fingerprint density at radius 3 is 2.68 bits per heavy atom. The molecule has 2 aromatic carbocycles. The average Bonchev–Trinajstić information content (AvgIpc) is 3.61. The Morgan fingerprint density at radius 2 is 2.00 bits per heavy atom. The largest absolute Gasteiger partial charge is 0.487 e. The van der Waals surface area contributed by atoms with Gasteiger partial charge in [-0.05, 0) is 43.0 Å². The van der Waals surface area contributed by atoms with Crippen LogP contribution in [0, 0.1) is 0 Å². The lowest BCUT2D eigenvalue weighted by Gasteiger charge is -2.24. The molecule has 1 unspecified atom stereocenters. The van der Waals surface area contributed by atoms with Gasteiger partial charge in [0.1, 0.15) is 28.8 Å². The lowest BCUT2D eigenvalue weighted by molar-refractivity contribution is -0.123. The van der Waals surface area contributed by atoms with E-state index in [2.05, 4.69) is 30.2 Å². The summed E-state index contributed by atoms with van der Waals surface area (Å²) in [4.78, 5) is 21.4. The SMILES string of the molecule is CNC(=O)C1CCCN1S(=O)(=O)c1ccc(Cl)c(COc2cccc3c(-c4cncn4C)cc(C(C)C)nc23)c1Cl. The number of likely N-dealkylation sites (N-methyl/N-ethyl adjacent to an activating group) is 1. The first-order valence-corrected chi connectivity index (χ1v) is 15.5. The molecule has 12 heteroatoms. The number of sulfonamides is 1.